The molecule has 114 valence electrons. The lowest BCUT2D eigenvalue weighted by molar-refractivity contribution is 0.199. The number of halogens is 1. The van der Waals surface area contributed by atoms with Crippen molar-refractivity contribution in [1.82, 2.24) is 10.3 Å². The van der Waals surface area contributed by atoms with Gasteiger partial charge in [-0.15, -0.1) is 11.3 Å². The molecule has 4 nitrogen and oxygen atoms in total. The van der Waals surface area contributed by atoms with Gasteiger partial charge in [-0.3, -0.25) is 0 Å². The number of methoxy groups -OCH3 is 1. The van der Waals surface area contributed by atoms with Crippen LogP contribution in [0.2, 0.25) is 0 Å². The summed E-state index contributed by atoms with van der Waals surface area (Å²) in [5.74, 6) is 0.883. The Labute approximate surface area is 137 Å². The number of thiazole rings is 1. The van der Waals surface area contributed by atoms with Gasteiger partial charge in [0.15, 0.2) is 0 Å². The first-order valence-corrected chi connectivity index (χ1v) is 8.33. The van der Waals surface area contributed by atoms with Gasteiger partial charge in [-0.25, -0.2) is 4.98 Å². The maximum absolute atomic E-state index is 5.98. The van der Waals surface area contributed by atoms with E-state index in [1.807, 2.05) is 25.3 Å². The van der Waals surface area contributed by atoms with Gasteiger partial charge in [0.05, 0.1) is 21.0 Å². The van der Waals surface area contributed by atoms with E-state index in [0.29, 0.717) is 13.2 Å². The Hall–Kier alpha value is -0.950. The van der Waals surface area contributed by atoms with Gasteiger partial charge in [0.1, 0.15) is 12.4 Å². The summed E-state index contributed by atoms with van der Waals surface area (Å²) < 4.78 is 12.0. The van der Waals surface area contributed by atoms with Crippen LogP contribution in [0.15, 0.2) is 28.9 Å². The maximum atomic E-state index is 5.98. The molecule has 0 aliphatic rings. The fraction of sp³-hybridized carbons (Fsp3) is 0.400. The molecule has 2 rings (SSSR count). The summed E-state index contributed by atoms with van der Waals surface area (Å²) in [6.07, 6.45) is 1.87. The third kappa shape index (κ3) is 5.07. The predicted octanol–water partition coefficient (Wildman–Crippen LogP) is 3.53. The zero-order chi connectivity index (χ0) is 15.1. The van der Waals surface area contributed by atoms with Crippen molar-refractivity contribution in [3.8, 4) is 5.75 Å². The Morgan fingerprint density at radius 2 is 2.24 bits per heavy atom. The van der Waals surface area contributed by atoms with Crippen molar-refractivity contribution in [3.05, 3.63) is 44.3 Å². The molecule has 0 spiro atoms. The first-order chi connectivity index (χ1) is 10.2. The Morgan fingerprint density at radius 1 is 1.38 bits per heavy atom. The standard InChI is InChI=1S/C15H19BrN2O2S/c1-11-18-9-13(21-11)10-20-15-12(4-3-5-14(15)16)8-17-6-7-19-2/h3-5,9,17H,6-8,10H2,1-2H3. The largest absolute Gasteiger partial charge is 0.486 e. The highest BCUT2D eigenvalue weighted by molar-refractivity contribution is 9.10. The Balaban J connectivity index is 1.99. The number of hydrogen-bond donors (Lipinski definition) is 1. The van der Waals surface area contributed by atoms with Gasteiger partial charge in [0.25, 0.3) is 0 Å². The zero-order valence-electron chi connectivity index (χ0n) is 12.2. The lowest BCUT2D eigenvalue weighted by atomic mass is 10.2. The van der Waals surface area contributed by atoms with Crippen LogP contribution < -0.4 is 10.1 Å². The number of aromatic nitrogens is 1. The molecule has 0 amide bonds. The summed E-state index contributed by atoms with van der Waals surface area (Å²) in [7, 11) is 1.70. The molecule has 1 N–H and O–H groups in total. The van der Waals surface area contributed by atoms with Crippen molar-refractivity contribution < 1.29 is 9.47 Å². The van der Waals surface area contributed by atoms with Gasteiger partial charge in [-0.05, 0) is 28.9 Å². The lowest BCUT2D eigenvalue weighted by Gasteiger charge is -2.13. The van der Waals surface area contributed by atoms with E-state index in [4.69, 9.17) is 9.47 Å². The summed E-state index contributed by atoms with van der Waals surface area (Å²) in [6, 6.07) is 6.07. The number of hydrogen-bond acceptors (Lipinski definition) is 5. The number of rotatable bonds is 8. The molecule has 0 saturated carbocycles. The van der Waals surface area contributed by atoms with E-state index in [1.54, 1.807) is 18.4 Å². The van der Waals surface area contributed by atoms with Crippen LogP contribution in [0.3, 0.4) is 0 Å². The molecular weight excluding hydrogens is 352 g/mol. The average molecular weight is 371 g/mol. The van der Waals surface area contributed by atoms with Crippen LogP contribution in [0.25, 0.3) is 0 Å². The quantitative estimate of drug-likeness (QED) is 0.721. The highest BCUT2D eigenvalue weighted by Crippen LogP contribution is 2.30. The highest BCUT2D eigenvalue weighted by atomic mass is 79.9. The van der Waals surface area contributed by atoms with Crippen molar-refractivity contribution in [1.29, 1.82) is 0 Å². The number of ether oxygens (including phenoxy) is 2. The second kappa shape index (κ2) is 8.48. The molecule has 0 fully saturated rings. The number of aryl methyl sites for hydroxylation is 1. The lowest BCUT2D eigenvalue weighted by Crippen LogP contribution is -2.19. The molecule has 21 heavy (non-hydrogen) atoms. The van der Waals surface area contributed by atoms with E-state index in [2.05, 4.69) is 32.3 Å². The zero-order valence-corrected chi connectivity index (χ0v) is 14.6. The van der Waals surface area contributed by atoms with Crippen LogP contribution in [0, 0.1) is 6.92 Å². The Bertz CT molecular complexity index is 575. The number of nitrogens with one attached hydrogen (secondary N) is 1. The molecule has 1 heterocycles. The molecule has 0 aliphatic carbocycles. The molecule has 0 saturated heterocycles. The Kier molecular flexibility index (Phi) is 6.63. The molecule has 0 atom stereocenters. The van der Waals surface area contributed by atoms with E-state index in [0.717, 1.165) is 38.8 Å². The average Bonchev–Trinajstić information content (AvgIpc) is 2.88. The van der Waals surface area contributed by atoms with E-state index in [-0.39, 0.29) is 0 Å². The minimum absolute atomic E-state index is 0.541. The number of para-hydroxylation sites is 1. The predicted molar refractivity (Wildman–Crippen MR) is 88.9 cm³/mol. The summed E-state index contributed by atoms with van der Waals surface area (Å²) >= 11 is 5.22. The smallest absolute Gasteiger partial charge is 0.138 e. The van der Waals surface area contributed by atoms with Crippen LogP contribution in [-0.2, 0) is 17.9 Å². The molecule has 0 aliphatic heterocycles. The summed E-state index contributed by atoms with van der Waals surface area (Å²) in [5, 5.41) is 4.39. The maximum Gasteiger partial charge on any atom is 0.138 e. The van der Waals surface area contributed by atoms with Crippen molar-refractivity contribution in [2.75, 3.05) is 20.3 Å². The van der Waals surface area contributed by atoms with Gasteiger partial charge >= 0.3 is 0 Å². The third-order valence-corrected chi connectivity index (χ3v) is 4.39. The monoisotopic (exact) mass is 370 g/mol. The van der Waals surface area contributed by atoms with Crippen LogP contribution in [-0.4, -0.2) is 25.2 Å². The van der Waals surface area contributed by atoms with Gasteiger partial charge in [-0.1, -0.05) is 12.1 Å². The molecule has 0 radical (unpaired) electrons. The number of benzene rings is 1. The molecule has 1 aromatic carbocycles. The summed E-state index contributed by atoms with van der Waals surface area (Å²) in [4.78, 5) is 5.37. The van der Waals surface area contributed by atoms with Crippen molar-refractivity contribution in [3.63, 3.8) is 0 Å². The van der Waals surface area contributed by atoms with E-state index in [1.165, 1.54) is 0 Å². The van der Waals surface area contributed by atoms with Crippen LogP contribution in [0.1, 0.15) is 15.4 Å². The second-order valence-electron chi connectivity index (χ2n) is 4.53. The molecule has 0 bridgehead atoms. The number of nitrogens with zero attached hydrogens (tertiary/aromatic N) is 1. The van der Waals surface area contributed by atoms with E-state index >= 15 is 0 Å². The molecular formula is C15H19BrN2O2S. The van der Waals surface area contributed by atoms with E-state index < -0.39 is 0 Å². The van der Waals surface area contributed by atoms with Gasteiger partial charge < -0.3 is 14.8 Å². The topological polar surface area (TPSA) is 43.4 Å². The summed E-state index contributed by atoms with van der Waals surface area (Å²) in [5.41, 5.74) is 1.13. The van der Waals surface area contributed by atoms with Gasteiger partial charge in [-0.2, -0.15) is 0 Å². The molecule has 0 unspecified atom stereocenters. The fourth-order valence-corrected chi connectivity index (χ4v) is 3.10. The third-order valence-electron chi connectivity index (χ3n) is 2.87. The SMILES string of the molecule is COCCNCc1cccc(Br)c1OCc1cnc(C)s1. The Morgan fingerprint density at radius 3 is 2.95 bits per heavy atom. The van der Waals surface area contributed by atoms with Gasteiger partial charge in [0, 0.05) is 32.0 Å². The minimum atomic E-state index is 0.541. The van der Waals surface area contributed by atoms with Crippen molar-refractivity contribution >= 4 is 27.3 Å². The minimum Gasteiger partial charge on any atom is -0.486 e. The summed E-state index contributed by atoms with van der Waals surface area (Å²) in [6.45, 7) is 4.80. The normalized spacial score (nSPS) is 10.8. The van der Waals surface area contributed by atoms with Crippen LogP contribution in [0.5, 0.6) is 5.75 Å². The first-order valence-electron chi connectivity index (χ1n) is 6.72. The van der Waals surface area contributed by atoms with Gasteiger partial charge in [0.2, 0.25) is 0 Å². The molecule has 1 aromatic heterocycles. The molecule has 6 heteroatoms. The van der Waals surface area contributed by atoms with Crippen LogP contribution >= 0.6 is 27.3 Å². The second-order valence-corrected chi connectivity index (χ2v) is 6.71. The highest BCUT2D eigenvalue weighted by Gasteiger charge is 2.09. The molecule has 2 aromatic rings. The fourth-order valence-electron chi connectivity index (χ4n) is 1.87. The van der Waals surface area contributed by atoms with Crippen molar-refractivity contribution in [2.45, 2.75) is 20.1 Å². The van der Waals surface area contributed by atoms with Crippen molar-refractivity contribution in [2.24, 2.45) is 0 Å². The van der Waals surface area contributed by atoms with E-state index in [9.17, 15) is 0 Å². The van der Waals surface area contributed by atoms with Crippen LogP contribution in [0.4, 0.5) is 0 Å². The first kappa shape index (κ1) is 16.4.